The van der Waals surface area contributed by atoms with Gasteiger partial charge in [-0.2, -0.15) is 0 Å². The summed E-state index contributed by atoms with van der Waals surface area (Å²) in [5, 5.41) is 15.0. The molecule has 156 valence electrons. The van der Waals surface area contributed by atoms with Crippen LogP contribution in [0.15, 0.2) is 57.9 Å². The van der Waals surface area contributed by atoms with E-state index in [4.69, 9.17) is 0 Å². The van der Waals surface area contributed by atoms with E-state index >= 15 is 0 Å². The Bertz CT molecular complexity index is 1030. The first-order valence-electron chi connectivity index (χ1n) is 9.46. The molecule has 0 atom stereocenters. The van der Waals surface area contributed by atoms with Gasteiger partial charge in [0, 0.05) is 27.9 Å². The van der Waals surface area contributed by atoms with Gasteiger partial charge in [0.1, 0.15) is 5.01 Å². The zero-order valence-electron chi connectivity index (χ0n) is 16.4. The van der Waals surface area contributed by atoms with Gasteiger partial charge in [-0.3, -0.25) is 14.9 Å². The normalized spacial score (nSPS) is 10.6. The second kappa shape index (κ2) is 11.2. The van der Waals surface area contributed by atoms with Crippen LogP contribution in [0.3, 0.4) is 0 Å². The van der Waals surface area contributed by atoms with Gasteiger partial charge in [-0.25, -0.2) is 0 Å². The quantitative estimate of drug-likeness (QED) is 0.399. The number of benzene rings is 2. The fraction of sp³-hybridized carbons (Fsp3) is 0.238. The van der Waals surface area contributed by atoms with E-state index < -0.39 is 0 Å². The Kier molecular flexibility index (Phi) is 8.41. The number of anilines is 1. The van der Waals surface area contributed by atoms with Gasteiger partial charge in [0.25, 0.3) is 11.8 Å². The number of nitrogens with zero attached hydrogens (tertiary/aromatic N) is 2. The van der Waals surface area contributed by atoms with E-state index in [0.717, 1.165) is 26.5 Å². The molecule has 0 saturated heterocycles. The summed E-state index contributed by atoms with van der Waals surface area (Å²) in [6.45, 7) is 2.55. The van der Waals surface area contributed by atoms with Crippen LogP contribution in [-0.2, 0) is 6.42 Å². The first-order valence-corrected chi connectivity index (χ1v) is 12.1. The maximum Gasteiger partial charge on any atom is 0.258 e. The van der Waals surface area contributed by atoms with Crippen LogP contribution >= 0.6 is 39.0 Å². The fourth-order valence-electron chi connectivity index (χ4n) is 2.58. The van der Waals surface area contributed by atoms with Crippen LogP contribution in [0.1, 0.15) is 39.1 Å². The van der Waals surface area contributed by atoms with Crippen LogP contribution in [-0.4, -0.2) is 34.3 Å². The molecule has 9 heteroatoms. The zero-order valence-corrected chi connectivity index (χ0v) is 19.6. The third-order valence-corrected chi connectivity index (χ3v) is 6.66. The number of hydrogen-bond acceptors (Lipinski definition) is 6. The van der Waals surface area contributed by atoms with Gasteiger partial charge in [-0.15, -0.1) is 22.0 Å². The minimum Gasteiger partial charge on any atom is -0.352 e. The molecule has 0 saturated carbocycles. The van der Waals surface area contributed by atoms with Crippen LogP contribution < -0.4 is 10.6 Å². The highest BCUT2D eigenvalue weighted by Gasteiger charge is 2.14. The van der Waals surface area contributed by atoms with Crippen molar-refractivity contribution in [2.24, 2.45) is 0 Å². The molecule has 0 unspecified atom stereocenters. The molecule has 2 N–H and O–H groups in total. The Morgan fingerprint density at radius 2 is 1.93 bits per heavy atom. The molecule has 1 aromatic heterocycles. The van der Waals surface area contributed by atoms with Gasteiger partial charge < -0.3 is 5.32 Å². The maximum atomic E-state index is 12.6. The Labute approximate surface area is 192 Å². The number of thioether (sulfide) groups is 1. The average Bonchev–Trinajstić information content (AvgIpc) is 3.19. The number of hydrogen-bond donors (Lipinski definition) is 2. The molecule has 2 aromatic carbocycles. The molecule has 1 heterocycles. The Morgan fingerprint density at radius 3 is 2.73 bits per heavy atom. The van der Waals surface area contributed by atoms with Crippen LogP contribution in [0, 0.1) is 0 Å². The Morgan fingerprint density at radius 1 is 1.10 bits per heavy atom. The molecule has 0 spiro atoms. The minimum atomic E-state index is -0.195. The molecule has 30 heavy (non-hydrogen) atoms. The van der Waals surface area contributed by atoms with Gasteiger partial charge in [-0.1, -0.05) is 52.4 Å². The van der Waals surface area contributed by atoms with Gasteiger partial charge in [-0.05, 0) is 42.5 Å². The van der Waals surface area contributed by atoms with E-state index in [0.29, 0.717) is 29.2 Å². The molecule has 3 rings (SSSR count). The third kappa shape index (κ3) is 6.38. The van der Waals surface area contributed by atoms with Crippen molar-refractivity contribution < 1.29 is 9.59 Å². The van der Waals surface area contributed by atoms with Crippen molar-refractivity contribution in [1.82, 2.24) is 15.5 Å². The van der Waals surface area contributed by atoms with Crippen molar-refractivity contribution in [3.05, 3.63) is 69.1 Å². The number of halogens is 1. The van der Waals surface area contributed by atoms with Crippen LogP contribution in [0.25, 0.3) is 0 Å². The largest absolute Gasteiger partial charge is 0.352 e. The number of carbonyl (C=O) groups is 2. The topological polar surface area (TPSA) is 84.0 Å². The second-order valence-corrected chi connectivity index (χ2v) is 9.43. The van der Waals surface area contributed by atoms with Crippen molar-refractivity contribution in [2.45, 2.75) is 24.7 Å². The van der Waals surface area contributed by atoms with E-state index in [9.17, 15) is 9.59 Å². The van der Waals surface area contributed by atoms with Gasteiger partial charge in [0.2, 0.25) is 5.13 Å². The fourth-order valence-corrected chi connectivity index (χ4v) is 4.63. The number of amides is 2. The maximum absolute atomic E-state index is 12.6. The monoisotopic (exact) mass is 504 g/mol. The molecule has 2 amide bonds. The second-order valence-electron chi connectivity index (χ2n) is 6.32. The van der Waals surface area contributed by atoms with Crippen molar-refractivity contribution >= 4 is 56.0 Å². The van der Waals surface area contributed by atoms with Gasteiger partial charge >= 0.3 is 0 Å². The molecule has 0 aliphatic carbocycles. The third-order valence-electron chi connectivity index (χ3n) is 3.99. The van der Waals surface area contributed by atoms with Crippen LogP contribution in [0.5, 0.6) is 0 Å². The highest BCUT2D eigenvalue weighted by atomic mass is 79.9. The summed E-state index contributed by atoms with van der Waals surface area (Å²) in [6.07, 6.45) is 1.58. The molecule has 0 radical (unpaired) electrons. The first-order chi connectivity index (χ1) is 14.6. The lowest BCUT2D eigenvalue weighted by atomic mass is 10.2. The predicted octanol–water partition coefficient (Wildman–Crippen LogP) is 5.03. The minimum absolute atomic E-state index is 0.143. The molecular formula is C21H21BrN4O2S2. The Hall–Kier alpha value is -2.23. The summed E-state index contributed by atoms with van der Waals surface area (Å²) in [5.74, 6) is 0.620. The van der Waals surface area contributed by atoms with Crippen molar-refractivity contribution in [3.8, 4) is 0 Å². The molecule has 0 bridgehead atoms. The molecule has 0 aliphatic heterocycles. The smallest absolute Gasteiger partial charge is 0.258 e. The average molecular weight is 505 g/mol. The van der Waals surface area contributed by atoms with Gasteiger partial charge in [0.05, 0.1) is 5.56 Å². The highest BCUT2D eigenvalue weighted by molar-refractivity contribution is 9.10. The zero-order chi connectivity index (χ0) is 21.3. The summed E-state index contributed by atoms with van der Waals surface area (Å²) in [6, 6.07) is 14.8. The highest BCUT2D eigenvalue weighted by Crippen LogP contribution is 2.25. The molecule has 3 aromatic rings. The van der Waals surface area contributed by atoms with Crippen molar-refractivity contribution in [2.75, 3.05) is 17.6 Å². The molecule has 0 aliphatic rings. The summed E-state index contributed by atoms with van der Waals surface area (Å²) in [7, 11) is 0. The standard InChI is InChI=1S/C21H21BrN4O2S2/c1-2-12-29-17-9-4-3-8-16(17)20(28)24-21-26-25-18(30-21)10-11-23-19(27)14-6-5-7-15(22)13-14/h3-9,13H,2,10-12H2,1H3,(H,23,27)(H,24,26,28). The first kappa shape index (κ1) is 22.5. The van der Waals surface area contributed by atoms with Crippen molar-refractivity contribution in [1.29, 1.82) is 0 Å². The number of aromatic nitrogens is 2. The van der Waals surface area contributed by atoms with Crippen LogP contribution in [0.4, 0.5) is 5.13 Å². The lowest BCUT2D eigenvalue weighted by molar-refractivity contribution is 0.0953. The van der Waals surface area contributed by atoms with Crippen molar-refractivity contribution in [3.63, 3.8) is 0 Å². The van der Waals surface area contributed by atoms with Gasteiger partial charge in [0.15, 0.2) is 0 Å². The summed E-state index contributed by atoms with van der Waals surface area (Å²) in [4.78, 5) is 25.8. The van der Waals surface area contributed by atoms with E-state index in [2.05, 4.69) is 43.7 Å². The molecular weight excluding hydrogens is 484 g/mol. The number of carbonyl (C=O) groups excluding carboxylic acids is 2. The summed E-state index contributed by atoms with van der Waals surface area (Å²) < 4.78 is 0.856. The summed E-state index contributed by atoms with van der Waals surface area (Å²) in [5.41, 5.74) is 1.23. The molecule has 6 nitrogen and oxygen atoms in total. The predicted molar refractivity (Wildman–Crippen MR) is 125 cm³/mol. The molecule has 0 fully saturated rings. The van der Waals surface area contributed by atoms with E-state index in [-0.39, 0.29) is 11.8 Å². The summed E-state index contributed by atoms with van der Waals surface area (Å²) >= 11 is 6.34. The number of rotatable bonds is 9. The van der Waals surface area contributed by atoms with E-state index in [1.807, 2.05) is 36.4 Å². The Balaban J connectivity index is 1.53. The van der Waals surface area contributed by atoms with E-state index in [1.165, 1.54) is 11.3 Å². The SMILES string of the molecule is CCCSc1ccccc1C(=O)Nc1nnc(CCNC(=O)c2cccc(Br)c2)s1. The number of nitrogens with one attached hydrogen (secondary N) is 2. The van der Waals surface area contributed by atoms with E-state index in [1.54, 1.807) is 23.9 Å². The lowest BCUT2D eigenvalue weighted by Gasteiger charge is -2.07. The lowest BCUT2D eigenvalue weighted by Crippen LogP contribution is -2.25. The van der Waals surface area contributed by atoms with Crippen LogP contribution in [0.2, 0.25) is 0 Å².